The molecule has 1 aliphatic rings. The summed E-state index contributed by atoms with van der Waals surface area (Å²) in [6.45, 7) is 14.9. The maximum atomic E-state index is 5.92. The largest absolute Gasteiger partial charge is 0.495 e. The SMILES string of the molecule is COc1ccccc1NC1(Nc2ccccc2)C([Si](C)(C)C)=C(c2ccccc2)C(c2ccccc2)=C1[Si](C)(C)C. The summed E-state index contributed by atoms with van der Waals surface area (Å²) in [5.74, 6) is 0.834. The van der Waals surface area contributed by atoms with Crippen LogP contribution in [0.5, 0.6) is 5.75 Å². The average Bonchev–Trinajstić information content (AvgIpc) is 3.26. The van der Waals surface area contributed by atoms with Crippen LogP contribution in [0.15, 0.2) is 126 Å². The van der Waals surface area contributed by atoms with E-state index in [1.165, 1.54) is 32.7 Å². The topological polar surface area (TPSA) is 33.3 Å². The van der Waals surface area contributed by atoms with Gasteiger partial charge in [0, 0.05) is 5.69 Å². The summed E-state index contributed by atoms with van der Waals surface area (Å²) in [6.07, 6.45) is 0. The van der Waals surface area contributed by atoms with Gasteiger partial charge in [-0.05, 0) is 56.9 Å². The van der Waals surface area contributed by atoms with Gasteiger partial charge in [0.2, 0.25) is 0 Å². The average molecular weight is 575 g/mol. The van der Waals surface area contributed by atoms with Gasteiger partial charge in [-0.3, -0.25) is 0 Å². The van der Waals surface area contributed by atoms with E-state index in [1.54, 1.807) is 7.11 Å². The smallest absolute Gasteiger partial charge is 0.147 e. The molecule has 2 N–H and O–H groups in total. The highest BCUT2D eigenvalue weighted by atomic mass is 28.3. The summed E-state index contributed by atoms with van der Waals surface area (Å²) < 4.78 is 5.92. The van der Waals surface area contributed by atoms with Crippen molar-refractivity contribution in [3.8, 4) is 5.75 Å². The Kier molecular flexibility index (Phi) is 7.86. The van der Waals surface area contributed by atoms with Crippen molar-refractivity contribution in [2.24, 2.45) is 0 Å². The van der Waals surface area contributed by atoms with Crippen molar-refractivity contribution in [3.05, 3.63) is 137 Å². The Hall–Kier alpha value is -3.81. The van der Waals surface area contributed by atoms with Gasteiger partial charge in [-0.25, -0.2) is 0 Å². The molecule has 0 atom stereocenters. The van der Waals surface area contributed by atoms with Crippen LogP contribution in [-0.4, -0.2) is 28.9 Å². The molecule has 5 heteroatoms. The van der Waals surface area contributed by atoms with Crippen LogP contribution in [0.4, 0.5) is 11.4 Å². The molecule has 0 bridgehead atoms. The van der Waals surface area contributed by atoms with Crippen LogP contribution < -0.4 is 15.4 Å². The minimum absolute atomic E-state index is 0.652. The number of methoxy groups -OCH3 is 1. The summed E-state index contributed by atoms with van der Waals surface area (Å²) in [7, 11) is -2.33. The van der Waals surface area contributed by atoms with Crippen molar-refractivity contribution in [3.63, 3.8) is 0 Å². The van der Waals surface area contributed by atoms with Gasteiger partial charge in [0.05, 0.1) is 28.9 Å². The van der Waals surface area contributed by atoms with Gasteiger partial charge in [-0.2, -0.15) is 0 Å². The lowest BCUT2D eigenvalue weighted by Crippen LogP contribution is -2.58. The quantitative estimate of drug-likeness (QED) is 0.154. The number of para-hydroxylation sites is 3. The molecule has 0 saturated carbocycles. The van der Waals surface area contributed by atoms with Crippen LogP contribution in [-0.2, 0) is 0 Å². The van der Waals surface area contributed by atoms with E-state index in [9.17, 15) is 0 Å². The first-order chi connectivity index (χ1) is 19.6. The lowest BCUT2D eigenvalue weighted by molar-refractivity contribution is 0.416. The van der Waals surface area contributed by atoms with E-state index in [1.807, 2.05) is 12.1 Å². The van der Waals surface area contributed by atoms with Gasteiger partial charge in [0.25, 0.3) is 0 Å². The molecule has 0 spiro atoms. The maximum Gasteiger partial charge on any atom is 0.147 e. The van der Waals surface area contributed by atoms with Crippen molar-refractivity contribution >= 4 is 38.7 Å². The van der Waals surface area contributed by atoms with Crippen molar-refractivity contribution in [2.75, 3.05) is 17.7 Å². The molecule has 210 valence electrons. The van der Waals surface area contributed by atoms with E-state index in [-0.39, 0.29) is 0 Å². The normalized spacial score (nSPS) is 15.2. The van der Waals surface area contributed by atoms with Crippen LogP contribution in [0, 0.1) is 0 Å². The van der Waals surface area contributed by atoms with Gasteiger partial charge in [-0.15, -0.1) is 0 Å². The monoisotopic (exact) mass is 574 g/mol. The zero-order valence-corrected chi connectivity index (χ0v) is 27.4. The first-order valence-electron chi connectivity index (χ1n) is 14.4. The second kappa shape index (κ2) is 11.2. The summed E-state index contributed by atoms with van der Waals surface area (Å²) in [4.78, 5) is 0. The number of hydrogen-bond acceptors (Lipinski definition) is 3. The lowest BCUT2D eigenvalue weighted by atomic mass is 9.95. The van der Waals surface area contributed by atoms with Crippen LogP contribution in [0.2, 0.25) is 39.3 Å². The first-order valence-corrected chi connectivity index (χ1v) is 21.4. The Morgan fingerprint density at radius 1 is 0.512 bits per heavy atom. The number of nitrogens with one attached hydrogen (secondary N) is 2. The number of anilines is 2. The molecule has 0 saturated heterocycles. The molecule has 0 fully saturated rings. The third-order valence-electron chi connectivity index (χ3n) is 7.66. The second-order valence-electron chi connectivity index (χ2n) is 12.8. The van der Waals surface area contributed by atoms with Gasteiger partial charge >= 0.3 is 0 Å². The Morgan fingerprint density at radius 3 is 1.37 bits per heavy atom. The third-order valence-corrected chi connectivity index (χ3v) is 11.9. The fourth-order valence-electron chi connectivity index (χ4n) is 6.38. The Labute approximate surface area is 248 Å². The molecule has 4 aromatic rings. The molecule has 0 aromatic heterocycles. The Bertz CT molecular complexity index is 1490. The summed E-state index contributed by atoms with van der Waals surface area (Å²) >= 11 is 0. The Balaban J connectivity index is 1.98. The van der Waals surface area contributed by atoms with E-state index in [0.29, 0.717) is 0 Å². The molecule has 3 nitrogen and oxygen atoms in total. The standard InChI is InChI=1S/C36H42N2OSi2/c1-39-31-26-18-17-25-30(31)38-36(37-29-23-15-10-16-24-29)34(40(2,3)4)32(27-19-11-8-12-20-27)33(35(36)41(5,6)7)28-21-13-9-14-22-28/h8-26,37-38H,1-7H3. The van der Waals surface area contributed by atoms with E-state index in [0.717, 1.165) is 17.1 Å². The summed E-state index contributed by atoms with van der Waals surface area (Å²) in [6, 6.07) is 41.0. The highest BCUT2D eigenvalue weighted by Crippen LogP contribution is 2.56. The molecule has 0 unspecified atom stereocenters. The van der Waals surface area contributed by atoms with Gasteiger partial charge in [0.1, 0.15) is 11.4 Å². The molecule has 5 rings (SSSR count). The minimum Gasteiger partial charge on any atom is -0.495 e. The minimum atomic E-state index is -2.04. The third kappa shape index (κ3) is 5.57. The van der Waals surface area contributed by atoms with Crippen molar-refractivity contribution in [1.82, 2.24) is 0 Å². The molecule has 0 aliphatic heterocycles. The molecule has 4 aromatic carbocycles. The van der Waals surface area contributed by atoms with Crippen molar-refractivity contribution in [2.45, 2.75) is 44.9 Å². The number of hydrogen-bond donors (Lipinski definition) is 2. The molecule has 41 heavy (non-hydrogen) atoms. The predicted octanol–water partition coefficient (Wildman–Crippen LogP) is 9.59. The summed E-state index contributed by atoms with van der Waals surface area (Å²) in [5.41, 5.74) is 6.66. The van der Waals surface area contributed by atoms with Gasteiger partial charge in [-0.1, -0.05) is 130 Å². The van der Waals surface area contributed by atoms with Gasteiger partial charge in [0.15, 0.2) is 0 Å². The first kappa shape index (κ1) is 28.7. The fraction of sp³-hybridized carbons (Fsp3) is 0.222. The highest BCUT2D eigenvalue weighted by molar-refractivity contribution is 6.89. The summed E-state index contributed by atoms with van der Waals surface area (Å²) in [5, 5.41) is 11.2. The predicted molar refractivity (Wildman–Crippen MR) is 183 cm³/mol. The molecular weight excluding hydrogens is 533 g/mol. The van der Waals surface area contributed by atoms with Crippen LogP contribution >= 0.6 is 0 Å². The highest BCUT2D eigenvalue weighted by Gasteiger charge is 2.55. The fourth-order valence-corrected chi connectivity index (χ4v) is 11.3. The van der Waals surface area contributed by atoms with Crippen LogP contribution in [0.1, 0.15) is 11.1 Å². The number of benzene rings is 4. The van der Waals surface area contributed by atoms with E-state index in [2.05, 4.69) is 153 Å². The molecule has 1 aliphatic carbocycles. The number of rotatable bonds is 9. The van der Waals surface area contributed by atoms with E-state index in [4.69, 9.17) is 4.74 Å². The zero-order valence-electron chi connectivity index (χ0n) is 25.4. The van der Waals surface area contributed by atoms with Gasteiger partial charge < -0.3 is 15.4 Å². The number of allylic oxidation sites excluding steroid dienone is 2. The van der Waals surface area contributed by atoms with Crippen LogP contribution in [0.3, 0.4) is 0 Å². The second-order valence-corrected chi connectivity index (χ2v) is 22.8. The lowest BCUT2D eigenvalue weighted by Gasteiger charge is -2.46. The van der Waals surface area contributed by atoms with Crippen LogP contribution in [0.25, 0.3) is 11.1 Å². The van der Waals surface area contributed by atoms with E-state index >= 15 is 0 Å². The molecular formula is C36H42N2OSi2. The number of ether oxygens (including phenoxy) is 1. The molecule has 0 radical (unpaired) electrons. The molecule has 0 heterocycles. The molecule has 0 amide bonds. The van der Waals surface area contributed by atoms with Crippen molar-refractivity contribution in [1.29, 1.82) is 0 Å². The zero-order chi connectivity index (χ0) is 29.3. The van der Waals surface area contributed by atoms with E-state index < -0.39 is 21.8 Å². The Morgan fingerprint density at radius 2 is 0.927 bits per heavy atom. The van der Waals surface area contributed by atoms with Crippen molar-refractivity contribution < 1.29 is 4.74 Å². The maximum absolute atomic E-state index is 5.92.